The van der Waals surface area contributed by atoms with Crippen molar-refractivity contribution in [3.63, 3.8) is 0 Å². The van der Waals surface area contributed by atoms with Crippen molar-refractivity contribution in [3.05, 3.63) is 0 Å². The third kappa shape index (κ3) is 5.74. The van der Waals surface area contributed by atoms with Crippen molar-refractivity contribution in [2.45, 2.75) is 12.8 Å². The lowest BCUT2D eigenvalue weighted by Gasteiger charge is -2.33. The monoisotopic (exact) mass is 306 g/mol. The molecule has 0 aliphatic carbocycles. The van der Waals surface area contributed by atoms with Crippen molar-refractivity contribution >= 4 is 15.9 Å². The maximum absolute atomic E-state index is 11.9. The molecule has 1 aliphatic heterocycles. The van der Waals surface area contributed by atoms with Gasteiger partial charge in [0.15, 0.2) is 0 Å². The number of sulfonamides is 1. The van der Waals surface area contributed by atoms with Crippen LogP contribution in [0.4, 0.5) is 0 Å². The second-order valence-corrected chi connectivity index (χ2v) is 7.19. The van der Waals surface area contributed by atoms with Crippen molar-refractivity contribution in [3.8, 4) is 0 Å². The molecule has 0 spiro atoms. The number of rotatable bonds is 7. The quantitative estimate of drug-likeness (QED) is 0.636. The predicted octanol–water partition coefficient (Wildman–Crippen LogP) is -1.24. The van der Waals surface area contributed by atoms with Crippen LogP contribution in [0.25, 0.3) is 0 Å². The molecule has 2 N–H and O–H groups in total. The van der Waals surface area contributed by atoms with E-state index in [1.165, 1.54) is 10.6 Å². The van der Waals surface area contributed by atoms with Gasteiger partial charge in [-0.05, 0) is 13.0 Å². The largest absolute Gasteiger partial charge is 0.346 e. The molecule has 0 aromatic carbocycles. The summed E-state index contributed by atoms with van der Waals surface area (Å²) in [7, 11) is -1.29. The highest BCUT2D eigenvalue weighted by Gasteiger charge is 2.23. The molecule has 1 rings (SSSR count). The highest BCUT2D eigenvalue weighted by molar-refractivity contribution is 7.88. The molecular weight excluding hydrogens is 280 g/mol. The standard InChI is InChI=1S/C12H26N4O3S/c1-14(6-3-5-13)12(17)4-7-15-8-10-16(11-9-15)20(2,18)19/h3-11,13H2,1-2H3. The number of carbonyl (C=O) groups is 1. The Morgan fingerprint density at radius 1 is 1.25 bits per heavy atom. The Hall–Kier alpha value is -0.700. The molecule has 20 heavy (non-hydrogen) atoms. The van der Waals surface area contributed by atoms with Gasteiger partial charge in [-0.25, -0.2) is 8.42 Å². The summed E-state index contributed by atoms with van der Waals surface area (Å²) in [6.07, 6.45) is 2.52. The average Bonchev–Trinajstić information content (AvgIpc) is 2.41. The first-order valence-corrected chi connectivity index (χ1v) is 8.81. The molecule has 0 radical (unpaired) electrons. The third-order valence-corrected chi connectivity index (χ3v) is 4.87. The zero-order chi connectivity index (χ0) is 15.2. The molecule has 0 bridgehead atoms. The predicted molar refractivity (Wildman–Crippen MR) is 78.8 cm³/mol. The van der Waals surface area contributed by atoms with Gasteiger partial charge in [-0.2, -0.15) is 4.31 Å². The molecule has 8 heteroatoms. The molecule has 1 aliphatic rings. The van der Waals surface area contributed by atoms with Gasteiger partial charge in [-0.1, -0.05) is 0 Å². The van der Waals surface area contributed by atoms with Crippen molar-refractivity contribution < 1.29 is 13.2 Å². The van der Waals surface area contributed by atoms with Crippen LogP contribution in [0.2, 0.25) is 0 Å². The minimum Gasteiger partial charge on any atom is -0.346 e. The van der Waals surface area contributed by atoms with Crippen LogP contribution in [0, 0.1) is 0 Å². The van der Waals surface area contributed by atoms with Gasteiger partial charge in [-0.3, -0.25) is 4.79 Å². The summed E-state index contributed by atoms with van der Waals surface area (Å²) in [5.74, 6) is 0.115. The van der Waals surface area contributed by atoms with Gasteiger partial charge >= 0.3 is 0 Å². The molecular formula is C12H26N4O3S. The van der Waals surface area contributed by atoms with Gasteiger partial charge in [0, 0.05) is 52.7 Å². The maximum atomic E-state index is 11.9. The van der Waals surface area contributed by atoms with Crippen LogP contribution >= 0.6 is 0 Å². The van der Waals surface area contributed by atoms with Crippen molar-refractivity contribution in [2.24, 2.45) is 5.73 Å². The Balaban J connectivity index is 2.26. The molecule has 0 atom stereocenters. The molecule has 0 saturated carbocycles. The second-order valence-electron chi connectivity index (χ2n) is 5.21. The summed E-state index contributed by atoms with van der Waals surface area (Å²) < 4.78 is 24.3. The van der Waals surface area contributed by atoms with Gasteiger partial charge in [0.1, 0.15) is 0 Å². The van der Waals surface area contributed by atoms with Gasteiger partial charge in [-0.15, -0.1) is 0 Å². The zero-order valence-electron chi connectivity index (χ0n) is 12.4. The fourth-order valence-electron chi connectivity index (χ4n) is 2.18. The van der Waals surface area contributed by atoms with E-state index in [0.717, 1.165) is 6.42 Å². The Morgan fingerprint density at radius 3 is 2.35 bits per heavy atom. The number of piperazine rings is 1. The maximum Gasteiger partial charge on any atom is 0.223 e. The van der Waals surface area contributed by atoms with Crippen LogP contribution in [-0.4, -0.2) is 87.5 Å². The molecule has 118 valence electrons. The Bertz CT molecular complexity index is 405. The number of nitrogens with zero attached hydrogens (tertiary/aromatic N) is 3. The Kier molecular flexibility index (Phi) is 6.87. The van der Waals surface area contributed by atoms with E-state index in [-0.39, 0.29) is 5.91 Å². The normalized spacial score (nSPS) is 18.1. The van der Waals surface area contributed by atoms with E-state index < -0.39 is 10.0 Å². The molecule has 1 fully saturated rings. The minimum absolute atomic E-state index is 0.115. The van der Waals surface area contributed by atoms with E-state index in [4.69, 9.17) is 5.73 Å². The summed E-state index contributed by atoms with van der Waals surface area (Å²) in [5, 5.41) is 0. The lowest BCUT2D eigenvalue weighted by atomic mass is 10.3. The van der Waals surface area contributed by atoms with Gasteiger partial charge in [0.05, 0.1) is 6.26 Å². The Morgan fingerprint density at radius 2 is 1.85 bits per heavy atom. The molecule has 7 nitrogen and oxygen atoms in total. The fraction of sp³-hybridized carbons (Fsp3) is 0.917. The van der Waals surface area contributed by atoms with E-state index in [0.29, 0.717) is 52.2 Å². The van der Waals surface area contributed by atoms with Crippen LogP contribution in [0.5, 0.6) is 0 Å². The first kappa shape index (κ1) is 17.4. The number of amides is 1. The number of nitrogens with two attached hydrogens (primary N) is 1. The summed E-state index contributed by atoms with van der Waals surface area (Å²) in [5.41, 5.74) is 5.42. The molecule has 1 heterocycles. The first-order valence-electron chi connectivity index (χ1n) is 6.96. The minimum atomic E-state index is -3.08. The van der Waals surface area contributed by atoms with E-state index in [1.54, 1.807) is 11.9 Å². The topological polar surface area (TPSA) is 86.9 Å². The highest BCUT2D eigenvalue weighted by atomic mass is 32.2. The lowest BCUT2D eigenvalue weighted by Crippen LogP contribution is -2.49. The van der Waals surface area contributed by atoms with Crippen LogP contribution in [0.15, 0.2) is 0 Å². The van der Waals surface area contributed by atoms with Crippen LogP contribution < -0.4 is 5.73 Å². The van der Waals surface area contributed by atoms with Crippen molar-refractivity contribution in [1.29, 1.82) is 0 Å². The van der Waals surface area contributed by atoms with E-state index in [2.05, 4.69) is 4.90 Å². The van der Waals surface area contributed by atoms with Gasteiger partial charge < -0.3 is 15.5 Å². The third-order valence-electron chi connectivity index (χ3n) is 3.57. The van der Waals surface area contributed by atoms with Crippen molar-refractivity contribution in [2.75, 3.05) is 59.1 Å². The molecule has 0 aromatic heterocycles. The van der Waals surface area contributed by atoms with Crippen LogP contribution in [0.1, 0.15) is 12.8 Å². The summed E-state index contributed by atoms with van der Waals surface area (Å²) in [4.78, 5) is 15.7. The Labute approximate surface area is 121 Å². The van der Waals surface area contributed by atoms with E-state index in [1.807, 2.05) is 0 Å². The molecule has 1 saturated heterocycles. The molecule has 0 unspecified atom stereocenters. The molecule has 0 aromatic rings. The number of hydrogen-bond acceptors (Lipinski definition) is 5. The fourth-order valence-corrected chi connectivity index (χ4v) is 3.01. The van der Waals surface area contributed by atoms with Crippen molar-refractivity contribution in [1.82, 2.24) is 14.1 Å². The highest BCUT2D eigenvalue weighted by Crippen LogP contribution is 2.06. The second kappa shape index (κ2) is 7.92. The number of hydrogen-bond donors (Lipinski definition) is 1. The smallest absolute Gasteiger partial charge is 0.223 e. The summed E-state index contributed by atoms with van der Waals surface area (Å²) in [6, 6.07) is 0. The zero-order valence-corrected chi connectivity index (χ0v) is 13.2. The summed E-state index contributed by atoms with van der Waals surface area (Å²) >= 11 is 0. The van der Waals surface area contributed by atoms with E-state index in [9.17, 15) is 13.2 Å². The summed E-state index contributed by atoms with van der Waals surface area (Å²) in [6.45, 7) is 4.36. The van der Waals surface area contributed by atoms with Gasteiger partial charge in [0.25, 0.3) is 0 Å². The first-order chi connectivity index (χ1) is 9.34. The average molecular weight is 306 g/mol. The SMILES string of the molecule is CN(CCCN)C(=O)CCN1CCN(S(C)(=O)=O)CC1. The molecule has 1 amide bonds. The number of carbonyl (C=O) groups excluding carboxylic acids is 1. The lowest BCUT2D eigenvalue weighted by molar-refractivity contribution is -0.130. The van der Waals surface area contributed by atoms with Gasteiger partial charge in [0.2, 0.25) is 15.9 Å². The van der Waals surface area contributed by atoms with Crippen LogP contribution in [-0.2, 0) is 14.8 Å². The van der Waals surface area contributed by atoms with E-state index >= 15 is 0 Å². The van der Waals surface area contributed by atoms with Crippen LogP contribution in [0.3, 0.4) is 0 Å².